The van der Waals surface area contributed by atoms with Gasteiger partial charge in [-0.25, -0.2) is 4.39 Å². The van der Waals surface area contributed by atoms with Crippen molar-refractivity contribution in [1.82, 2.24) is 10.2 Å². The maximum atomic E-state index is 13.1. The Kier molecular flexibility index (Phi) is 4.05. The van der Waals surface area contributed by atoms with Crippen LogP contribution >= 0.6 is 22.9 Å². The van der Waals surface area contributed by atoms with Gasteiger partial charge in [0, 0.05) is 17.9 Å². The Labute approximate surface area is 115 Å². The molecule has 1 heterocycles. The van der Waals surface area contributed by atoms with E-state index in [0.717, 1.165) is 23.5 Å². The summed E-state index contributed by atoms with van der Waals surface area (Å²) in [4.78, 5) is 0. The maximum Gasteiger partial charge on any atom is 0.419 e. The van der Waals surface area contributed by atoms with Crippen LogP contribution < -0.4 is 0 Å². The largest absolute Gasteiger partial charge is 0.419 e. The summed E-state index contributed by atoms with van der Waals surface area (Å²) in [6.45, 7) is 0. The predicted molar refractivity (Wildman–Crippen MR) is 64.7 cm³/mol. The summed E-state index contributed by atoms with van der Waals surface area (Å²) in [6.07, 6.45) is -4.24. The first kappa shape index (κ1) is 14.2. The van der Waals surface area contributed by atoms with Gasteiger partial charge in [-0.3, -0.25) is 0 Å². The van der Waals surface area contributed by atoms with Gasteiger partial charge in [0.1, 0.15) is 15.8 Å². The topological polar surface area (TPSA) is 25.8 Å². The van der Waals surface area contributed by atoms with Gasteiger partial charge in [-0.15, -0.1) is 21.8 Å². The molecule has 0 atom stereocenters. The molecule has 1 aromatic carbocycles. The van der Waals surface area contributed by atoms with E-state index in [-0.39, 0.29) is 5.56 Å². The van der Waals surface area contributed by atoms with Crippen LogP contribution in [0.25, 0.3) is 10.6 Å². The van der Waals surface area contributed by atoms with Crippen LogP contribution in [0.5, 0.6) is 0 Å². The van der Waals surface area contributed by atoms with Gasteiger partial charge in [0.25, 0.3) is 0 Å². The highest BCUT2D eigenvalue weighted by Crippen LogP contribution is 2.34. The molecule has 0 aliphatic heterocycles. The van der Waals surface area contributed by atoms with Crippen LogP contribution in [-0.4, -0.2) is 16.1 Å². The summed E-state index contributed by atoms with van der Waals surface area (Å²) in [7, 11) is 0. The van der Waals surface area contributed by atoms with Crippen LogP contribution in [-0.2, 0) is 12.6 Å². The van der Waals surface area contributed by atoms with E-state index < -0.39 is 17.6 Å². The molecule has 0 N–H and O–H groups in total. The number of halogens is 5. The lowest BCUT2D eigenvalue weighted by Crippen LogP contribution is -2.08. The van der Waals surface area contributed by atoms with Crippen molar-refractivity contribution in [3.8, 4) is 10.6 Å². The van der Waals surface area contributed by atoms with E-state index in [4.69, 9.17) is 11.6 Å². The van der Waals surface area contributed by atoms with Gasteiger partial charge < -0.3 is 0 Å². The van der Waals surface area contributed by atoms with Gasteiger partial charge in [-0.1, -0.05) is 11.3 Å². The molecule has 19 heavy (non-hydrogen) atoms. The average molecular weight is 311 g/mol. The van der Waals surface area contributed by atoms with Crippen molar-refractivity contribution in [2.45, 2.75) is 12.6 Å². The molecular weight excluding hydrogens is 304 g/mol. The molecule has 2 rings (SSSR count). The second-order valence-corrected chi connectivity index (χ2v) is 5.07. The molecule has 8 heteroatoms. The third-order valence-corrected chi connectivity index (χ3v) is 3.51. The first-order valence-corrected chi connectivity index (χ1v) is 6.52. The zero-order valence-electron chi connectivity index (χ0n) is 9.34. The van der Waals surface area contributed by atoms with E-state index in [9.17, 15) is 17.6 Å². The lowest BCUT2D eigenvalue weighted by Gasteiger charge is -2.08. The SMILES string of the molecule is Fc1ccc(-c2nnc(CCCl)s2)cc1C(F)(F)F. The second-order valence-electron chi connectivity index (χ2n) is 3.63. The number of aromatic nitrogens is 2. The summed E-state index contributed by atoms with van der Waals surface area (Å²) in [6, 6.07) is 2.76. The molecule has 2 nitrogen and oxygen atoms in total. The number of alkyl halides is 4. The van der Waals surface area contributed by atoms with Crippen molar-refractivity contribution >= 4 is 22.9 Å². The molecule has 0 aliphatic rings. The summed E-state index contributed by atoms with van der Waals surface area (Å²) < 4.78 is 50.9. The Morgan fingerprint density at radius 1 is 1.21 bits per heavy atom. The molecule has 0 radical (unpaired) electrons. The molecule has 0 saturated carbocycles. The van der Waals surface area contributed by atoms with Crippen molar-refractivity contribution in [3.63, 3.8) is 0 Å². The number of aryl methyl sites for hydroxylation is 1. The van der Waals surface area contributed by atoms with Gasteiger partial charge in [0.15, 0.2) is 0 Å². The average Bonchev–Trinajstić information content (AvgIpc) is 2.77. The molecular formula is C11H7ClF4N2S. The molecule has 0 spiro atoms. The van der Waals surface area contributed by atoms with Crippen LogP contribution in [0.15, 0.2) is 18.2 Å². The lowest BCUT2D eigenvalue weighted by atomic mass is 10.1. The minimum absolute atomic E-state index is 0.187. The lowest BCUT2D eigenvalue weighted by molar-refractivity contribution is -0.139. The van der Waals surface area contributed by atoms with Crippen LogP contribution in [0.2, 0.25) is 0 Å². The fraction of sp³-hybridized carbons (Fsp3) is 0.273. The van der Waals surface area contributed by atoms with Crippen molar-refractivity contribution in [3.05, 3.63) is 34.6 Å². The van der Waals surface area contributed by atoms with Crippen molar-refractivity contribution < 1.29 is 17.6 Å². The molecule has 0 saturated heterocycles. The number of rotatable bonds is 3. The van der Waals surface area contributed by atoms with E-state index in [2.05, 4.69) is 10.2 Å². The third kappa shape index (κ3) is 3.22. The third-order valence-electron chi connectivity index (χ3n) is 2.29. The van der Waals surface area contributed by atoms with Crippen LogP contribution in [0, 0.1) is 5.82 Å². The van der Waals surface area contributed by atoms with Gasteiger partial charge in [0.05, 0.1) is 5.56 Å². The Morgan fingerprint density at radius 2 is 1.95 bits per heavy atom. The molecule has 0 fully saturated rings. The first-order valence-electron chi connectivity index (χ1n) is 5.17. The predicted octanol–water partition coefficient (Wildman–Crippen LogP) is 4.14. The quantitative estimate of drug-likeness (QED) is 0.629. The fourth-order valence-corrected chi connectivity index (χ4v) is 2.55. The second kappa shape index (κ2) is 5.42. The van der Waals surface area contributed by atoms with Crippen molar-refractivity contribution in [1.29, 1.82) is 0 Å². The van der Waals surface area contributed by atoms with E-state index in [1.807, 2.05) is 0 Å². The minimum Gasteiger partial charge on any atom is -0.206 e. The Bertz CT molecular complexity index is 582. The van der Waals surface area contributed by atoms with E-state index in [1.165, 1.54) is 6.07 Å². The molecule has 0 amide bonds. The van der Waals surface area contributed by atoms with E-state index in [1.54, 1.807) is 0 Å². The Balaban J connectivity index is 2.39. The molecule has 102 valence electrons. The van der Waals surface area contributed by atoms with Crippen molar-refractivity contribution in [2.24, 2.45) is 0 Å². The zero-order chi connectivity index (χ0) is 14.0. The van der Waals surface area contributed by atoms with Crippen LogP contribution in [0.3, 0.4) is 0 Å². The summed E-state index contributed by atoms with van der Waals surface area (Å²) in [5, 5.41) is 8.52. The summed E-state index contributed by atoms with van der Waals surface area (Å²) in [5.41, 5.74) is -1.12. The molecule has 2 aromatic rings. The van der Waals surface area contributed by atoms with E-state index >= 15 is 0 Å². The zero-order valence-corrected chi connectivity index (χ0v) is 10.9. The summed E-state index contributed by atoms with van der Waals surface area (Å²) in [5.74, 6) is -0.951. The van der Waals surface area contributed by atoms with Crippen molar-refractivity contribution in [2.75, 3.05) is 5.88 Å². The van der Waals surface area contributed by atoms with Gasteiger partial charge in [-0.05, 0) is 18.2 Å². The number of benzene rings is 1. The van der Waals surface area contributed by atoms with E-state index in [0.29, 0.717) is 22.3 Å². The van der Waals surface area contributed by atoms with Gasteiger partial charge >= 0.3 is 6.18 Å². The molecule has 0 unspecified atom stereocenters. The monoisotopic (exact) mass is 310 g/mol. The number of nitrogens with zero attached hydrogens (tertiary/aromatic N) is 2. The number of hydrogen-bond donors (Lipinski definition) is 0. The standard InChI is InChI=1S/C11H7ClF4N2S/c12-4-3-9-17-18-10(19-9)6-1-2-8(13)7(5-6)11(14,15)16/h1-2,5H,3-4H2. The smallest absolute Gasteiger partial charge is 0.206 e. The normalized spacial score (nSPS) is 11.8. The van der Waals surface area contributed by atoms with Crippen LogP contribution in [0.4, 0.5) is 17.6 Å². The van der Waals surface area contributed by atoms with Crippen LogP contribution in [0.1, 0.15) is 10.6 Å². The maximum absolute atomic E-state index is 13.1. The highest BCUT2D eigenvalue weighted by Gasteiger charge is 2.34. The fourth-order valence-electron chi connectivity index (χ4n) is 1.43. The highest BCUT2D eigenvalue weighted by molar-refractivity contribution is 7.14. The first-order chi connectivity index (χ1) is 8.91. The van der Waals surface area contributed by atoms with Gasteiger partial charge in [0.2, 0.25) is 0 Å². The van der Waals surface area contributed by atoms with Gasteiger partial charge in [-0.2, -0.15) is 13.2 Å². The number of hydrogen-bond acceptors (Lipinski definition) is 3. The Hall–Kier alpha value is -1.21. The Morgan fingerprint density at radius 3 is 2.58 bits per heavy atom. The summed E-state index contributed by atoms with van der Waals surface area (Å²) >= 11 is 6.68. The molecule has 0 aliphatic carbocycles. The molecule has 1 aromatic heterocycles. The molecule has 0 bridgehead atoms. The highest BCUT2D eigenvalue weighted by atomic mass is 35.5. The minimum atomic E-state index is -4.73.